The molecule has 0 saturated carbocycles. The van der Waals surface area contributed by atoms with Crippen molar-refractivity contribution < 1.29 is 28.5 Å². The Bertz CT molecular complexity index is 1580. The van der Waals surface area contributed by atoms with Gasteiger partial charge in [-0.05, 0) is 76.6 Å². The fraction of sp³-hybridized carbons (Fsp3) is 0.290. The number of H-pyrrole nitrogens is 1. The number of ether oxygens (including phenoxy) is 4. The largest absolute Gasteiger partial charge is 0.491 e. The summed E-state index contributed by atoms with van der Waals surface area (Å²) in [7, 11) is 0. The lowest BCUT2D eigenvalue weighted by atomic mass is 9.96. The predicted molar refractivity (Wildman–Crippen MR) is 150 cm³/mol. The second kappa shape index (κ2) is 12.3. The molecule has 0 unspecified atom stereocenters. The maximum absolute atomic E-state index is 13.3. The van der Waals surface area contributed by atoms with Gasteiger partial charge < -0.3 is 23.9 Å². The molecule has 2 heterocycles. The van der Waals surface area contributed by atoms with Gasteiger partial charge in [0.15, 0.2) is 0 Å². The maximum Gasteiger partial charge on any atom is 0.340 e. The van der Waals surface area contributed by atoms with Crippen LogP contribution >= 0.6 is 0 Å². The Morgan fingerprint density at radius 3 is 2.38 bits per heavy atom. The number of hydrogen-bond donors (Lipinski definition) is 1. The van der Waals surface area contributed by atoms with Gasteiger partial charge in [0.2, 0.25) is 5.88 Å². The Kier molecular flexibility index (Phi) is 8.70. The Morgan fingerprint density at radius 2 is 1.73 bits per heavy atom. The van der Waals surface area contributed by atoms with E-state index < -0.39 is 11.9 Å². The molecule has 0 aliphatic heterocycles. The maximum atomic E-state index is 13.3. The Balaban J connectivity index is 1.99. The minimum Gasteiger partial charge on any atom is -0.491 e. The van der Waals surface area contributed by atoms with Crippen LogP contribution in [0.3, 0.4) is 0 Å². The van der Waals surface area contributed by atoms with Crippen LogP contribution < -0.4 is 9.47 Å². The quantitative estimate of drug-likeness (QED) is 0.233. The summed E-state index contributed by atoms with van der Waals surface area (Å²) >= 11 is 0. The van der Waals surface area contributed by atoms with Crippen LogP contribution in [-0.2, 0) is 20.7 Å². The third kappa shape index (κ3) is 6.07. The molecule has 0 spiro atoms. The molecule has 0 amide bonds. The van der Waals surface area contributed by atoms with Gasteiger partial charge in [-0.2, -0.15) is 5.26 Å². The number of pyridine rings is 1. The summed E-state index contributed by atoms with van der Waals surface area (Å²) in [5, 5.41) is 10.2. The first kappa shape index (κ1) is 28.2. The Morgan fingerprint density at radius 1 is 1.00 bits per heavy atom. The fourth-order valence-electron chi connectivity index (χ4n) is 4.38. The van der Waals surface area contributed by atoms with Crippen molar-refractivity contribution in [3.63, 3.8) is 0 Å². The standard InChI is InChI=1S/C31H31N3O6/c1-6-37-26(35)16-24-29(31(36)38-7-2)28-23(34-24)14-15-25(40-30-21(17-32)9-8-19(5)33-30)27(28)20-10-12-22(13-11-20)39-18(3)4/h8-15,18,34H,6-7,16H2,1-5H3. The number of nitriles is 1. The summed E-state index contributed by atoms with van der Waals surface area (Å²) in [6.07, 6.45) is -0.152. The van der Waals surface area contributed by atoms with Gasteiger partial charge in [-0.25, -0.2) is 9.78 Å². The molecule has 40 heavy (non-hydrogen) atoms. The van der Waals surface area contributed by atoms with Gasteiger partial charge in [0.1, 0.15) is 23.1 Å². The summed E-state index contributed by atoms with van der Waals surface area (Å²) in [6, 6.07) is 16.4. The highest BCUT2D eigenvalue weighted by Crippen LogP contribution is 2.42. The van der Waals surface area contributed by atoms with Crippen molar-refractivity contribution in [3.8, 4) is 34.6 Å². The normalized spacial score (nSPS) is 10.8. The van der Waals surface area contributed by atoms with Gasteiger partial charge in [-0.1, -0.05) is 12.1 Å². The smallest absolute Gasteiger partial charge is 0.340 e. The van der Waals surface area contributed by atoms with E-state index in [4.69, 9.17) is 18.9 Å². The first-order valence-corrected chi connectivity index (χ1v) is 13.1. The topological polar surface area (TPSA) is 124 Å². The molecule has 0 saturated heterocycles. The first-order chi connectivity index (χ1) is 19.2. The monoisotopic (exact) mass is 541 g/mol. The van der Waals surface area contributed by atoms with Gasteiger partial charge in [-0.3, -0.25) is 4.79 Å². The zero-order valence-corrected chi connectivity index (χ0v) is 23.2. The van der Waals surface area contributed by atoms with Crippen LogP contribution in [0.5, 0.6) is 17.4 Å². The van der Waals surface area contributed by atoms with Crippen LogP contribution in [0.1, 0.15) is 55.0 Å². The number of benzene rings is 2. The number of nitrogens with one attached hydrogen (secondary N) is 1. The molecule has 0 aliphatic rings. The number of aromatic nitrogens is 2. The lowest BCUT2D eigenvalue weighted by Crippen LogP contribution is -2.13. The molecule has 0 atom stereocenters. The number of nitrogens with zero attached hydrogens (tertiary/aromatic N) is 2. The number of esters is 2. The number of fused-ring (bicyclic) bond motifs is 1. The SMILES string of the molecule is CCOC(=O)Cc1[nH]c2ccc(Oc3nc(C)ccc3C#N)c(-c3ccc(OC(C)C)cc3)c2c1C(=O)OCC. The number of carbonyl (C=O) groups is 2. The number of carbonyl (C=O) groups excluding carboxylic acids is 2. The van der Waals surface area contributed by atoms with E-state index in [1.165, 1.54) is 0 Å². The molecular weight excluding hydrogens is 510 g/mol. The number of rotatable bonds is 10. The first-order valence-electron chi connectivity index (χ1n) is 13.1. The molecule has 4 rings (SSSR count). The highest BCUT2D eigenvalue weighted by Gasteiger charge is 2.27. The molecule has 0 radical (unpaired) electrons. The molecule has 0 aliphatic carbocycles. The van der Waals surface area contributed by atoms with E-state index in [9.17, 15) is 14.9 Å². The Labute approximate surface area is 232 Å². The van der Waals surface area contributed by atoms with Crippen LogP contribution in [0.25, 0.3) is 22.0 Å². The number of aryl methyl sites for hydroxylation is 1. The highest BCUT2D eigenvalue weighted by atomic mass is 16.5. The zero-order valence-electron chi connectivity index (χ0n) is 23.2. The summed E-state index contributed by atoms with van der Waals surface area (Å²) in [6.45, 7) is 9.49. The highest BCUT2D eigenvalue weighted by molar-refractivity contribution is 6.13. The van der Waals surface area contributed by atoms with E-state index in [1.54, 1.807) is 45.0 Å². The average Bonchev–Trinajstić information content (AvgIpc) is 3.27. The zero-order chi connectivity index (χ0) is 28.8. The van der Waals surface area contributed by atoms with Gasteiger partial charge in [0.05, 0.1) is 31.3 Å². The second-order valence-electron chi connectivity index (χ2n) is 9.25. The van der Waals surface area contributed by atoms with E-state index in [-0.39, 0.29) is 42.7 Å². The van der Waals surface area contributed by atoms with Gasteiger partial charge >= 0.3 is 11.9 Å². The third-order valence-corrected chi connectivity index (χ3v) is 5.95. The van der Waals surface area contributed by atoms with Gasteiger partial charge in [0, 0.05) is 27.9 Å². The van der Waals surface area contributed by atoms with Crippen LogP contribution in [0.4, 0.5) is 0 Å². The third-order valence-electron chi connectivity index (χ3n) is 5.95. The summed E-state index contributed by atoms with van der Waals surface area (Å²) in [4.78, 5) is 33.4. The van der Waals surface area contributed by atoms with Crippen molar-refractivity contribution in [1.29, 1.82) is 5.26 Å². The molecule has 206 valence electrons. The second-order valence-corrected chi connectivity index (χ2v) is 9.25. The minimum absolute atomic E-state index is 0.00417. The van der Waals surface area contributed by atoms with Crippen molar-refractivity contribution in [2.75, 3.05) is 13.2 Å². The van der Waals surface area contributed by atoms with E-state index in [2.05, 4.69) is 16.0 Å². The van der Waals surface area contributed by atoms with E-state index in [0.717, 1.165) is 5.56 Å². The lowest BCUT2D eigenvalue weighted by Gasteiger charge is -2.16. The van der Waals surface area contributed by atoms with Crippen molar-refractivity contribution in [3.05, 3.63) is 71.0 Å². The molecular formula is C31H31N3O6. The van der Waals surface area contributed by atoms with Crippen LogP contribution in [0.2, 0.25) is 0 Å². The predicted octanol–water partition coefficient (Wildman–Crippen LogP) is 6.27. The fourth-order valence-corrected chi connectivity index (χ4v) is 4.38. The molecule has 9 heteroatoms. The molecule has 0 bridgehead atoms. The van der Waals surface area contributed by atoms with E-state index in [0.29, 0.717) is 39.4 Å². The van der Waals surface area contributed by atoms with E-state index >= 15 is 0 Å². The van der Waals surface area contributed by atoms with Crippen molar-refractivity contribution >= 4 is 22.8 Å². The van der Waals surface area contributed by atoms with Crippen LogP contribution in [0, 0.1) is 18.3 Å². The van der Waals surface area contributed by atoms with E-state index in [1.807, 2.05) is 38.1 Å². The summed E-state index contributed by atoms with van der Waals surface area (Å²) < 4.78 is 22.6. The molecule has 0 fully saturated rings. The Hall–Kier alpha value is -4.84. The number of aromatic amines is 1. The van der Waals surface area contributed by atoms with Crippen molar-refractivity contribution in [2.24, 2.45) is 0 Å². The molecule has 2 aromatic carbocycles. The molecule has 2 aromatic heterocycles. The van der Waals surface area contributed by atoms with Crippen molar-refractivity contribution in [1.82, 2.24) is 9.97 Å². The molecule has 9 nitrogen and oxygen atoms in total. The van der Waals surface area contributed by atoms with Crippen LogP contribution in [0.15, 0.2) is 48.5 Å². The van der Waals surface area contributed by atoms with Gasteiger partial charge in [-0.15, -0.1) is 0 Å². The minimum atomic E-state index is -0.586. The average molecular weight is 542 g/mol. The number of hydrogen-bond acceptors (Lipinski definition) is 8. The molecule has 4 aromatic rings. The summed E-state index contributed by atoms with van der Waals surface area (Å²) in [5.74, 6) is 0.130. The van der Waals surface area contributed by atoms with Crippen molar-refractivity contribution in [2.45, 2.75) is 47.1 Å². The van der Waals surface area contributed by atoms with Gasteiger partial charge in [0.25, 0.3) is 0 Å². The van der Waals surface area contributed by atoms with Crippen LogP contribution in [-0.4, -0.2) is 41.2 Å². The molecule has 1 N–H and O–H groups in total. The summed E-state index contributed by atoms with van der Waals surface area (Å²) in [5.41, 5.74) is 3.41. The lowest BCUT2D eigenvalue weighted by molar-refractivity contribution is -0.142.